The van der Waals surface area contributed by atoms with Crippen LogP contribution >= 0.6 is 15.9 Å². The average molecular weight is 331 g/mol. The third-order valence-electron chi connectivity index (χ3n) is 3.20. The summed E-state index contributed by atoms with van der Waals surface area (Å²) in [6.07, 6.45) is 1.81. The van der Waals surface area contributed by atoms with E-state index < -0.39 is 0 Å². The molecule has 0 bridgehead atoms. The first-order valence-electron chi connectivity index (χ1n) is 6.51. The van der Waals surface area contributed by atoms with Crippen molar-refractivity contribution in [1.82, 2.24) is 20.3 Å². The quantitative estimate of drug-likeness (QED) is 0.768. The van der Waals surface area contributed by atoms with Gasteiger partial charge in [-0.1, -0.05) is 12.1 Å². The number of nitrogens with zero attached hydrogens (tertiary/aromatic N) is 2. The molecule has 0 aliphatic carbocycles. The standard InChI is InChI=1S/C15H15BrN4/c1-10(17-9-12-7-6-11(16)8-18-12)15-19-13-4-2-3-5-14(13)20-15/h2-8,10,17H,9H2,1H3,(H,19,20). The second-order valence-corrected chi connectivity index (χ2v) is 5.63. The molecule has 1 atom stereocenters. The fourth-order valence-electron chi connectivity index (χ4n) is 2.04. The second kappa shape index (κ2) is 5.73. The van der Waals surface area contributed by atoms with Gasteiger partial charge in [0.05, 0.1) is 22.8 Å². The van der Waals surface area contributed by atoms with Crippen LogP contribution in [0.5, 0.6) is 0 Å². The average Bonchev–Trinajstić information content (AvgIpc) is 2.90. The van der Waals surface area contributed by atoms with Crippen molar-refractivity contribution in [3.8, 4) is 0 Å². The Morgan fingerprint density at radius 3 is 2.85 bits per heavy atom. The van der Waals surface area contributed by atoms with Crippen LogP contribution in [0.25, 0.3) is 11.0 Å². The highest BCUT2D eigenvalue weighted by Crippen LogP contribution is 2.16. The largest absolute Gasteiger partial charge is 0.341 e. The zero-order valence-corrected chi connectivity index (χ0v) is 12.7. The number of aromatic amines is 1. The van der Waals surface area contributed by atoms with Crippen molar-refractivity contribution in [2.75, 3.05) is 0 Å². The predicted octanol–water partition coefficient (Wildman–Crippen LogP) is 3.57. The Labute approximate surface area is 125 Å². The number of fused-ring (bicyclic) bond motifs is 1. The number of hydrogen-bond donors (Lipinski definition) is 2. The summed E-state index contributed by atoms with van der Waals surface area (Å²) in [6, 6.07) is 12.2. The number of H-pyrrole nitrogens is 1. The molecule has 3 aromatic rings. The van der Waals surface area contributed by atoms with Crippen molar-refractivity contribution in [2.24, 2.45) is 0 Å². The van der Waals surface area contributed by atoms with Crippen LogP contribution in [-0.4, -0.2) is 15.0 Å². The molecule has 20 heavy (non-hydrogen) atoms. The Morgan fingerprint density at radius 2 is 2.10 bits per heavy atom. The molecule has 1 unspecified atom stereocenters. The Hall–Kier alpha value is -1.72. The van der Waals surface area contributed by atoms with Gasteiger partial charge in [0.25, 0.3) is 0 Å². The molecule has 0 aliphatic heterocycles. The number of aromatic nitrogens is 3. The van der Waals surface area contributed by atoms with Gasteiger partial charge in [0.2, 0.25) is 0 Å². The van der Waals surface area contributed by atoms with Gasteiger partial charge in [-0.25, -0.2) is 4.98 Å². The molecule has 5 heteroatoms. The van der Waals surface area contributed by atoms with Crippen molar-refractivity contribution in [3.05, 3.63) is 58.6 Å². The van der Waals surface area contributed by atoms with Crippen LogP contribution in [-0.2, 0) is 6.54 Å². The first-order valence-corrected chi connectivity index (χ1v) is 7.30. The summed E-state index contributed by atoms with van der Waals surface area (Å²) in [4.78, 5) is 12.3. The van der Waals surface area contributed by atoms with E-state index in [1.54, 1.807) is 0 Å². The molecule has 102 valence electrons. The van der Waals surface area contributed by atoms with Gasteiger partial charge >= 0.3 is 0 Å². The summed E-state index contributed by atoms with van der Waals surface area (Å²) in [7, 11) is 0. The van der Waals surface area contributed by atoms with Crippen molar-refractivity contribution < 1.29 is 0 Å². The highest BCUT2D eigenvalue weighted by molar-refractivity contribution is 9.10. The maximum absolute atomic E-state index is 4.59. The molecule has 0 amide bonds. The van der Waals surface area contributed by atoms with Crippen molar-refractivity contribution in [2.45, 2.75) is 19.5 Å². The van der Waals surface area contributed by atoms with Gasteiger partial charge in [-0.05, 0) is 47.1 Å². The number of imidazole rings is 1. The summed E-state index contributed by atoms with van der Waals surface area (Å²) < 4.78 is 0.992. The third-order valence-corrected chi connectivity index (χ3v) is 3.66. The molecule has 0 fully saturated rings. The number of benzene rings is 1. The summed E-state index contributed by atoms with van der Waals surface area (Å²) >= 11 is 3.38. The molecular weight excluding hydrogens is 316 g/mol. The summed E-state index contributed by atoms with van der Waals surface area (Å²) in [5, 5.41) is 3.42. The van der Waals surface area contributed by atoms with Crippen LogP contribution < -0.4 is 5.32 Å². The van der Waals surface area contributed by atoms with Crippen molar-refractivity contribution >= 4 is 27.0 Å². The van der Waals surface area contributed by atoms with E-state index in [9.17, 15) is 0 Å². The third kappa shape index (κ3) is 2.89. The van der Waals surface area contributed by atoms with Crippen LogP contribution in [0.1, 0.15) is 24.5 Å². The van der Waals surface area contributed by atoms with Crippen molar-refractivity contribution in [3.63, 3.8) is 0 Å². The van der Waals surface area contributed by atoms with E-state index in [1.165, 1.54) is 0 Å². The maximum Gasteiger partial charge on any atom is 0.124 e. The molecule has 2 aromatic heterocycles. The van der Waals surface area contributed by atoms with Crippen LogP contribution in [0.4, 0.5) is 0 Å². The van der Waals surface area contributed by atoms with Gasteiger partial charge in [0.1, 0.15) is 5.82 Å². The van der Waals surface area contributed by atoms with E-state index in [4.69, 9.17) is 0 Å². The van der Waals surface area contributed by atoms with Gasteiger partial charge in [0, 0.05) is 17.2 Å². The molecular formula is C15H15BrN4. The van der Waals surface area contributed by atoms with Gasteiger partial charge in [-0.15, -0.1) is 0 Å². The smallest absolute Gasteiger partial charge is 0.124 e. The lowest BCUT2D eigenvalue weighted by Crippen LogP contribution is -2.19. The Morgan fingerprint density at radius 1 is 1.25 bits per heavy atom. The van der Waals surface area contributed by atoms with Crippen molar-refractivity contribution in [1.29, 1.82) is 0 Å². The summed E-state index contributed by atoms with van der Waals surface area (Å²) in [5.74, 6) is 0.948. The Kier molecular flexibility index (Phi) is 3.80. The van der Waals surface area contributed by atoms with Crippen LogP contribution in [0, 0.1) is 0 Å². The highest BCUT2D eigenvalue weighted by atomic mass is 79.9. The number of halogens is 1. The van der Waals surface area contributed by atoms with Gasteiger partial charge in [-0.2, -0.15) is 0 Å². The second-order valence-electron chi connectivity index (χ2n) is 4.71. The molecule has 2 N–H and O–H groups in total. The van der Waals surface area contributed by atoms with Gasteiger partial charge in [0.15, 0.2) is 0 Å². The topological polar surface area (TPSA) is 53.6 Å². The lowest BCUT2D eigenvalue weighted by molar-refractivity contribution is 0.546. The Balaban J connectivity index is 1.69. The minimum atomic E-state index is 0.146. The molecule has 0 saturated heterocycles. The zero-order valence-electron chi connectivity index (χ0n) is 11.1. The van der Waals surface area contributed by atoms with Crippen LogP contribution in [0.2, 0.25) is 0 Å². The molecule has 0 saturated carbocycles. The highest BCUT2D eigenvalue weighted by Gasteiger charge is 2.10. The van der Waals surface area contributed by atoms with E-state index in [0.717, 1.165) is 27.0 Å². The number of para-hydroxylation sites is 2. The fourth-order valence-corrected chi connectivity index (χ4v) is 2.28. The molecule has 1 aromatic carbocycles. The van der Waals surface area contributed by atoms with E-state index in [-0.39, 0.29) is 6.04 Å². The van der Waals surface area contributed by atoms with Gasteiger partial charge < -0.3 is 10.3 Å². The minimum Gasteiger partial charge on any atom is -0.341 e. The number of pyridine rings is 1. The van der Waals surface area contributed by atoms with Gasteiger partial charge in [-0.3, -0.25) is 4.98 Å². The molecule has 2 heterocycles. The molecule has 4 nitrogen and oxygen atoms in total. The normalized spacial score (nSPS) is 12.7. The molecule has 0 spiro atoms. The first-order chi connectivity index (χ1) is 9.72. The SMILES string of the molecule is CC(NCc1ccc(Br)cn1)c1nc2ccccc2[nH]1. The number of rotatable bonds is 4. The lowest BCUT2D eigenvalue weighted by atomic mass is 10.3. The van der Waals surface area contributed by atoms with E-state index in [2.05, 4.69) is 43.1 Å². The monoisotopic (exact) mass is 330 g/mol. The molecule has 3 rings (SSSR count). The molecule has 0 radical (unpaired) electrons. The molecule has 0 aliphatic rings. The minimum absolute atomic E-state index is 0.146. The van der Waals surface area contributed by atoms with Crippen LogP contribution in [0.15, 0.2) is 47.1 Å². The summed E-state index contributed by atoms with van der Waals surface area (Å²) in [6.45, 7) is 2.81. The van der Waals surface area contributed by atoms with Crippen LogP contribution in [0.3, 0.4) is 0 Å². The predicted molar refractivity (Wildman–Crippen MR) is 83.3 cm³/mol. The first kappa shape index (κ1) is 13.3. The van der Waals surface area contributed by atoms with E-state index in [1.807, 2.05) is 42.6 Å². The number of nitrogens with one attached hydrogen (secondary N) is 2. The lowest BCUT2D eigenvalue weighted by Gasteiger charge is -2.10. The maximum atomic E-state index is 4.59. The fraction of sp³-hybridized carbons (Fsp3) is 0.200. The Bertz CT molecular complexity index is 672. The van der Waals surface area contributed by atoms with E-state index in [0.29, 0.717) is 6.54 Å². The summed E-state index contributed by atoms with van der Waals surface area (Å²) in [5.41, 5.74) is 3.08. The van der Waals surface area contributed by atoms with E-state index >= 15 is 0 Å². The zero-order chi connectivity index (χ0) is 13.9. The number of hydrogen-bond acceptors (Lipinski definition) is 3.